The third kappa shape index (κ3) is 16.1. The van der Waals surface area contributed by atoms with Gasteiger partial charge >= 0.3 is 30.2 Å². The number of nitrogens with zero attached hydrogens (tertiary/aromatic N) is 2. The maximum absolute atomic E-state index is 14.3. The minimum absolute atomic E-state index is 0.0285. The lowest BCUT2D eigenvalue weighted by atomic mass is 9.80. The first-order valence-electron chi connectivity index (χ1n) is 33.5. The Bertz CT molecular complexity index is 2970. The molecule has 3 unspecified atom stereocenters. The summed E-state index contributed by atoms with van der Waals surface area (Å²) < 4.78 is 58.5. The number of nitrogens with two attached hydrogens (primary N) is 2. The molecule has 0 aromatic carbocycles. The van der Waals surface area contributed by atoms with Gasteiger partial charge in [0.2, 0.25) is 35.2 Å². The Labute approximate surface area is 548 Å². The average molecular weight is 1330 g/mol. The van der Waals surface area contributed by atoms with E-state index in [1.54, 1.807) is 62.3 Å². The second-order valence-corrected chi connectivity index (χ2v) is 32.6. The van der Waals surface area contributed by atoms with Crippen molar-refractivity contribution in [1.82, 2.24) is 41.7 Å². The second-order valence-electron chi connectivity index (χ2n) is 32.6. The summed E-state index contributed by atoms with van der Waals surface area (Å²) in [7, 11) is 0. The standard InChI is InChI=1S/C33H48F3N5O7.C33H53N5O8/c1-30(2,3)23(39-29(47)40-24(28(46)48-15-17-9-10-17)32(11-12-32)33(34,35)36)27(45)41-14-18-20(31(18,4)5)21(41)26(44)38-19(22(42)25(37)43)13-16-7-6-8-16;1-31(2,3)24(36-30(44)37-25(32(4,5)6)29(43)46-18-12-13-45-16-18)28(42)38-15-19-21(33(19,7)8)22(38)27(41)35-20(23(39)26(34)40)14-17-10-9-11-17/h16-21,23-24H,6-15H2,1-5H3,(H2,37,43)(H,38,44)(H2,39,40,47);17-22,24-25H,9-16H2,1-8H3,(H2,34,40)(H,35,41)(H2,36,37,44)/t18-,19?,20-,21-,23+,24+;18?,19-,20?,21-,22-,24+,25+/m00/s1. The Morgan fingerprint density at radius 1 is 0.543 bits per heavy atom. The normalized spacial score (nSPS) is 27.3. The Balaban J connectivity index is 0.000000241. The quantitative estimate of drug-likeness (QED) is 0.0495. The highest BCUT2D eigenvalue weighted by atomic mass is 19.4. The van der Waals surface area contributed by atoms with E-state index >= 15 is 0 Å². The van der Waals surface area contributed by atoms with Gasteiger partial charge in [-0.15, -0.1) is 0 Å². The number of amides is 10. The molecule has 0 aromatic rings. The number of esters is 2. The van der Waals surface area contributed by atoms with Crippen molar-refractivity contribution in [3.05, 3.63) is 0 Å². The number of carbonyl (C=O) groups excluding carboxylic acids is 12. The molecule has 0 radical (unpaired) electrons. The number of carbonyl (C=O) groups is 12. The number of primary amides is 2. The molecule has 13 atom stereocenters. The zero-order valence-electron chi connectivity index (χ0n) is 56.8. The van der Waals surface area contributed by atoms with E-state index < -0.39 is 147 Å². The number of hydrogen-bond donors (Lipinski definition) is 8. The fourth-order valence-electron chi connectivity index (χ4n) is 14.6. The van der Waals surface area contributed by atoms with Gasteiger partial charge in [0.05, 0.1) is 37.3 Å². The van der Waals surface area contributed by atoms with E-state index in [2.05, 4.69) is 31.9 Å². The molecular formula is C66H101F3N10O15. The van der Waals surface area contributed by atoms with Crippen LogP contribution in [-0.2, 0) is 62.2 Å². The first-order valence-corrected chi connectivity index (χ1v) is 33.5. The molecule has 25 nitrogen and oxygen atoms in total. The third-order valence-corrected chi connectivity index (χ3v) is 21.8. The number of ether oxygens (including phenoxy) is 3. The molecule has 0 bridgehead atoms. The maximum atomic E-state index is 14.3. The Hall–Kier alpha value is -6.61. The average Bonchev–Trinajstić information content (AvgIpc) is 1.53. The molecule has 28 heteroatoms. The summed E-state index contributed by atoms with van der Waals surface area (Å²) in [6.07, 6.45) is 2.44. The number of halogens is 3. The second kappa shape index (κ2) is 27.1. The van der Waals surface area contributed by atoms with Gasteiger partial charge in [-0.25, -0.2) is 19.2 Å². The highest BCUT2D eigenvalue weighted by molar-refractivity contribution is 6.38. The molecule has 6 aliphatic carbocycles. The molecule has 3 aliphatic heterocycles. The fraction of sp³-hybridized carbons (Fsp3) is 0.818. The van der Waals surface area contributed by atoms with E-state index in [0.29, 0.717) is 32.6 Å². The van der Waals surface area contributed by atoms with Gasteiger partial charge in [0.15, 0.2) is 0 Å². The lowest BCUT2D eigenvalue weighted by Gasteiger charge is -2.38. The van der Waals surface area contributed by atoms with Crippen molar-refractivity contribution in [2.75, 3.05) is 32.9 Å². The van der Waals surface area contributed by atoms with E-state index in [1.807, 2.05) is 27.7 Å². The molecule has 9 rings (SSSR count). The molecule has 9 fully saturated rings. The van der Waals surface area contributed by atoms with Gasteiger partial charge in [0, 0.05) is 19.5 Å². The number of urea groups is 2. The summed E-state index contributed by atoms with van der Waals surface area (Å²) in [5.41, 5.74) is 5.20. The van der Waals surface area contributed by atoms with Crippen LogP contribution in [0.4, 0.5) is 22.8 Å². The summed E-state index contributed by atoms with van der Waals surface area (Å²) in [5.74, 6) is -7.96. The van der Waals surface area contributed by atoms with Gasteiger partial charge in [-0.3, -0.25) is 38.4 Å². The summed E-state index contributed by atoms with van der Waals surface area (Å²) in [6.45, 7) is 25.1. The zero-order valence-corrected chi connectivity index (χ0v) is 56.8. The van der Waals surface area contributed by atoms with Crippen molar-refractivity contribution in [2.24, 2.45) is 85.4 Å². The highest BCUT2D eigenvalue weighted by Crippen LogP contribution is 2.66. The largest absolute Gasteiger partial charge is 0.464 e. The van der Waals surface area contributed by atoms with Crippen molar-refractivity contribution in [3.63, 3.8) is 0 Å². The van der Waals surface area contributed by atoms with Crippen LogP contribution >= 0.6 is 0 Å². The van der Waals surface area contributed by atoms with Crippen LogP contribution in [-0.4, -0.2) is 174 Å². The number of rotatable bonds is 24. The number of piperidine rings is 2. The molecule has 3 saturated heterocycles. The third-order valence-electron chi connectivity index (χ3n) is 21.8. The molecule has 9 aliphatic rings. The highest BCUT2D eigenvalue weighted by Gasteiger charge is 2.72. The van der Waals surface area contributed by atoms with Crippen LogP contribution < -0.4 is 43.4 Å². The maximum Gasteiger partial charge on any atom is 0.397 e. The molecule has 0 aromatic heterocycles. The van der Waals surface area contributed by atoms with E-state index in [0.717, 1.165) is 51.4 Å². The number of hydrogen-bond acceptors (Lipinski definition) is 15. The molecule has 526 valence electrons. The van der Waals surface area contributed by atoms with Gasteiger partial charge in [-0.05, 0) is 107 Å². The van der Waals surface area contributed by atoms with Gasteiger partial charge in [-0.2, -0.15) is 13.2 Å². The summed E-state index contributed by atoms with van der Waals surface area (Å²) in [4.78, 5) is 161. The SMILES string of the molecule is CC(C)(C)[C@H](NC(=O)N[C@H](C(=O)N1C[C@H]2[C@@H]([C@H]1C(=O)NC(CC1CCC1)C(=O)C(N)=O)C2(C)C)C(C)(C)C)C(=O)OC1CCOC1.CC(C)(C)[C@H](NC(=O)N[C@H](C(=O)OCC1CC1)C1(C(F)(F)F)CC1)C(=O)N1C[C@H]2[C@@H]([C@H]1C(=O)NC(CC1CCC1)C(=O)C(N)=O)C2(C)C. The number of ketones is 2. The van der Waals surface area contributed by atoms with Gasteiger partial charge in [-0.1, -0.05) is 129 Å². The minimum Gasteiger partial charge on any atom is -0.464 e. The Kier molecular flexibility index (Phi) is 21.1. The lowest BCUT2D eigenvalue weighted by molar-refractivity contribution is -0.202. The topological polar surface area (TPSA) is 363 Å². The number of Topliss-reactive ketones (excluding diaryl/α,β-unsaturated/α-hetero) is 2. The monoisotopic (exact) mass is 1330 g/mol. The van der Waals surface area contributed by atoms with Gasteiger partial charge < -0.3 is 67.4 Å². The molecular weight excluding hydrogens is 1230 g/mol. The van der Waals surface area contributed by atoms with Crippen LogP contribution in [0.25, 0.3) is 0 Å². The first kappa shape index (κ1) is 73.2. The molecule has 10 amide bonds. The smallest absolute Gasteiger partial charge is 0.397 e. The van der Waals surface area contributed by atoms with Crippen LogP contribution in [0, 0.1) is 73.9 Å². The van der Waals surface area contributed by atoms with Gasteiger partial charge in [0.25, 0.3) is 11.8 Å². The van der Waals surface area contributed by atoms with Crippen LogP contribution in [0.3, 0.4) is 0 Å². The van der Waals surface area contributed by atoms with Crippen molar-refractivity contribution in [2.45, 2.75) is 234 Å². The predicted octanol–water partition coefficient (Wildman–Crippen LogP) is 4.24. The molecule has 10 N–H and O–H groups in total. The van der Waals surface area contributed by atoms with Crippen LogP contribution in [0.15, 0.2) is 0 Å². The Morgan fingerprint density at radius 2 is 0.947 bits per heavy atom. The predicted molar refractivity (Wildman–Crippen MR) is 332 cm³/mol. The summed E-state index contributed by atoms with van der Waals surface area (Å²) in [6, 6.07) is -11.3. The van der Waals surface area contributed by atoms with Crippen LogP contribution in [0.1, 0.15) is 173 Å². The molecule has 0 spiro atoms. The van der Waals surface area contributed by atoms with Crippen LogP contribution in [0.2, 0.25) is 0 Å². The van der Waals surface area contributed by atoms with E-state index in [9.17, 15) is 70.7 Å². The van der Waals surface area contributed by atoms with E-state index in [1.165, 1.54) is 9.80 Å². The summed E-state index contributed by atoms with van der Waals surface area (Å²) in [5, 5.41) is 15.7. The van der Waals surface area contributed by atoms with Crippen molar-refractivity contribution in [3.8, 4) is 0 Å². The summed E-state index contributed by atoms with van der Waals surface area (Å²) >= 11 is 0. The first-order chi connectivity index (χ1) is 43.4. The van der Waals surface area contributed by atoms with E-state index in [-0.39, 0.29) is 90.8 Å². The van der Waals surface area contributed by atoms with Crippen LogP contribution in [0.5, 0.6) is 0 Å². The number of likely N-dealkylation sites (tertiary alicyclic amines) is 2. The van der Waals surface area contributed by atoms with Crippen molar-refractivity contribution < 1.29 is 84.9 Å². The number of fused-ring (bicyclic) bond motifs is 2. The molecule has 94 heavy (non-hydrogen) atoms. The molecule has 3 heterocycles. The zero-order chi connectivity index (χ0) is 69.9. The minimum atomic E-state index is -4.78. The Morgan fingerprint density at radius 3 is 1.28 bits per heavy atom. The number of nitrogens with one attached hydrogen (secondary N) is 6. The molecule has 6 saturated carbocycles. The van der Waals surface area contributed by atoms with Crippen molar-refractivity contribution >= 4 is 71.0 Å². The fourth-order valence-corrected chi connectivity index (χ4v) is 14.6. The lowest BCUT2D eigenvalue weighted by Crippen LogP contribution is -2.63. The van der Waals surface area contributed by atoms with Crippen molar-refractivity contribution in [1.29, 1.82) is 0 Å². The van der Waals surface area contributed by atoms with E-state index in [4.69, 9.17) is 25.7 Å². The number of alkyl halides is 3. The van der Waals surface area contributed by atoms with Gasteiger partial charge in [0.1, 0.15) is 42.4 Å².